The largest absolute Gasteiger partial charge is 0.261 e. The van der Waals surface area contributed by atoms with E-state index in [4.69, 9.17) is 0 Å². The molecule has 104 valence electrons. The van der Waals surface area contributed by atoms with Crippen LogP contribution in [0.15, 0.2) is 48.7 Å². The number of nitrogens with zero attached hydrogens (tertiary/aromatic N) is 2. The molecule has 0 radical (unpaired) electrons. The van der Waals surface area contributed by atoms with E-state index >= 15 is 0 Å². The highest BCUT2D eigenvalue weighted by molar-refractivity contribution is 6.12. The Morgan fingerprint density at radius 1 is 0.952 bits per heavy atom. The lowest BCUT2D eigenvalue weighted by Crippen LogP contribution is -2.30. The smallest absolute Gasteiger partial charge is 0.236 e. The van der Waals surface area contributed by atoms with E-state index in [1.807, 2.05) is 0 Å². The summed E-state index contributed by atoms with van der Waals surface area (Å²) in [6, 6.07) is 15.5. The summed E-state index contributed by atoms with van der Waals surface area (Å²) < 4.78 is 4.66. The molecule has 0 unspecified atom stereocenters. The van der Waals surface area contributed by atoms with Gasteiger partial charge in [-0.15, -0.1) is 0 Å². The van der Waals surface area contributed by atoms with E-state index in [9.17, 15) is 0 Å². The van der Waals surface area contributed by atoms with E-state index in [-0.39, 0.29) is 0 Å². The third-order valence-corrected chi connectivity index (χ3v) is 4.42. The average Bonchev–Trinajstić information content (AvgIpc) is 2.84. The van der Waals surface area contributed by atoms with E-state index < -0.39 is 0 Å². The molecule has 0 aliphatic carbocycles. The molecule has 0 atom stereocenters. The molecule has 0 fully saturated rings. The molecule has 2 aromatic carbocycles. The van der Waals surface area contributed by atoms with Crippen molar-refractivity contribution in [2.75, 3.05) is 0 Å². The number of hydrogen-bond acceptors (Lipinski definition) is 0. The average molecular weight is 275 g/mol. The molecular formula is C19H19N2+. The van der Waals surface area contributed by atoms with Crippen LogP contribution >= 0.6 is 0 Å². The van der Waals surface area contributed by atoms with Crippen LogP contribution in [0.5, 0.6) is 0 Å². The molecule has 2 heteroatoms. The van der Waals surface area contributed by atoms with Gasteiger partial charge in [0.2, 0.25) is 0 Å². The molecular weight excluding hydrogens is 256 g/mol. The van der Waals surface area contributed by atoms with Gasteiger partial charge in [0, 0.05) is 17.2 Å². The van der Waals surface area contributed by atoms with Crippen molar-refractivity contribution in [3.63, 3.8) is 0 Å². The Labute approximate surface area is 124 Å². The molecule has 0 aliphatic heterocycles. The van der Waals surface area contributed by atoms with E-state index in [0.717, 1.165) is 6.42 Å². The minimum atomic E-state index is 1.02. The number of aryl methyl sites for hydroxylation is 3. The number of pyridine rings is 1. The summed E-state index contributed by atoms with van der Waals surface area (Å²) >= 11 is 0. The van der Waals surface area contributed by atoms with Crippen molar-refractivity contribution in [1.29, 1.82) is 0 Å². The van der Waals surface area contributed by atoms with Crippen LogP contribution < -0.4 is 4.57 Å². The van der Waals surface area contributed by atoms with Crippen LogP contribution in [0, 0.1) is 6.92 Å². The quantitative estimate of drug-likeness (QED) is 0.367. The Bertz CT molecular complexity index is 993. The highest BCUT2D eigenvalue weighted by atomic mass is 15.1. The van der Waals surface area contributed by atoms with Crippen molar-refractivity contribution < 1.29 is 4.57 Å². The lowest BCUT2D eigenvalue weighted by atomic mass is 10.0. The maximum atomic E-state index is 2.41. The zero-order valence-corrected chi connectivity index (χ0v) is 12.7. The summed E-state index contributed by atoms with van der Waals surface area (Å²) in [5.74, 6) is 1.34. The first-order valence-corrected chi connectivity index (χ1v) is 7.51. The van der Waals surface area contributed by atoms with Crippen LogP contribution in [0.4, 0.5) is 0 Å². The van der Waals surface area contributed by atoms with E-state index in [0.29, 0.717) is 0 Å². The first kappa shape index (κ1) is 12.4. The van der Waals surface area contributed by atoms with Gasteiger partial charge in [-0.3, -0.25) is 0 Å². The molecule has 0 N–H and O–H groups in total. The minimum absolute atomic E-state index is 1.02. The highest BCUT2D eigenvalue weighted by Crippen LogP contribution is 2.30. The van der Waals surface area contributed by atoms with Crippen molar-refractivity contribution in [2.24, 2.45) is 7.05 Å². The van der Waals surface area contributed by atoms with Gasteiger partial charge in [0.1, 0.15) is 11.7 Å². The Balaban J connectivity index is 2.40. The van der Waals surface area contributed by atoms with Crippen LogP contribution in [0.1, 0.15) is 18.3 Å². The van der Waals surface area contributed by atoms with Crippen LogP contribution in [-0.4, -0.2) is 4.40 Å². The zero-order valence-electron chi connectivity index (χ0n) is 12.7. The van der Waals surface area contributed by atoms with E-state index in [2.05, 4.69) is 78.5 Å². The van der Waals surface area contributed by atoms with E-state index in [1.54, 1.807) is 0 Å². The number of hydrogen-bond donors (Lipinski definition) is 0. The second-order valence-electron chi connectivity index (χ2n) is 5.80. The number of imidazole rings is 1. The maximum absolute atomic E-state index is 2.41. The standard InChI is InChI=1S/C19H19N2/c1-4-19-20(3)12-18-15-8-6-5-7-14(15)16-11-13(2)9-10-17(16)21(18)19/h5-12H,4H2,1-3H3/q+1. The maximum Gasteiger partial charge on any atom is 0.261 e. The normalized spacial score (nSPS) is 11.8. The Morgan fingerprint density at radius 2 is 1.71 bits per heavy atom. The van der Waals surface area contributed by atoms with Crippen molar-refractivity contribution in [2.45, 2.75) is 20.3 Å². The molecule has 2 heterocycles. The summed E-state index contributed by atoms with van der Waals surface area (Å²) in [4.78, 5) is 0. The third kappa shape index (κ3) is 1.62. The molecule has 0 amide bonds. The molecule has 2 aromatic heterocycles. The highest BCUT2D eigenvalue weighted by Gasteiger charge is 2.20. The predicted molar refractivity (Wildman–Crippen MR) is 87.7 cm³/mol. The van der Waals surface area contributed by atoms with Gasteiger partial charge in [0.15, 0.2) is 5.52 Å². The summed E-state index contributed by atoms with van der Waals surface area (Å²) in [6.45, 7) is 4.38. The van der Waals surface area contributed by atoms with Crippen molar-refractivity contribution in [3.05, 3.63) is 60.0 Å². The summed E-state index contributed by atoms with van der Waals surface area (Å²) in [5.41, 5.74) is 3.90. The fraction of sp³-hybridized carbons (Fsp3) is 0.211. The monoisotopic (exact) mass is 275 g/mol. The van der Waals surface area contributed by atoms with Crippen LogP contribution in [0.25, 0.3) is 27.2 Å². The Kier molecular flexibility index (Phi) is 2.55. The fourth-order valence-electron chi connectivity index (χ4n) is 3.48. The van der Waals surface area contributed by atoms with Crippen molar-refractivity contribution in [3.8, 4) is 0 Å². The van der Waals surface area contributed by atoms with Gasteiger partial charge in [0.05, 0.1) is 7.05 Å². The van der Waals surface area contributed by atoms with Gasteiger partial charge in [-0.2, -0.15) is 4.40 Å². The van der Waals surface area contributed by atoms with E-state index in [1.165, 1.54) is 38.6 Å². The zero-order chi connectivity index (χ0) is 14.6. The van der Waals surface area contributed by atoms with Gasteiger partial charge in [-0.05, 0) is 30.5 Å². The predicted octanol–water partition coefficient (Wildman–Crippen LogP) is 3.94. The molecule has 0 saturated carbocycles. The van der Waals surface area contributed by atoms with Gasteiger partial charge in [-0.1, -0.05) is 36.8 Å². The molecule has 0 saturated heterocycles. The molecule has 4 aromatic rings. The summed E-state index contributed by atoms with van der Waals surface area (Å²) in [6.07, 6.45) is 3.27. The van der Waals surface area contributed by atoms with Crippen molar-refractivity contribution >= 4 is 27.2 Å². The summed E-state index contributed by atoms with van der Waals surface area (Å²) in [5, 5.41) is 4.00. The van der Waals surface area contributed by atoms with Gasteiger partial charge in [0.25, 0.3) is 5.82 Å². The second kappa shape index (κ2) is 4.32. The topological polar surface area (TPSA) is 8.29 Å². The molecule has 4 rings (SSSR count). The lowest BCUT2D eigenvalue weighted by Gasteiger charge is -2.06. The molecule has 0 aliphatic rings. The first-order valence-electron chi connectivity index (χ1n) is 7.51. The van der Waals surface area contributed by atoms with Crippen LogP contribution in [0.3, 0.4) is 0 Å². The second-order valence-corrected chi connectivity index (χ2v) is 5.80. The van der Waals surface area contributed by atoms with Crippen LogP contribution in [0.2, 0.25) is 0 Å². The number of benzene rings is 2. The molecule has 2 nitrogen and oxygen atoms in total. The lowest BCUT2D eigenvalue weighted by molar-refractivity contribution is -0.677. The first-order chi connectivity index (χ1) is 10.2. The fourth-order valence-corrected chi connectivity index (χ4v) is 3.48. The Morgan fingerprint density at radius 3 is 2.48 bits per heavy atom. The van der Waals surface area contributed by atoms with Gasteiger partial charge < -0.3 is 0 Å². The Hall–Kier alpha value is -2.35. The SMILES string of the molecule is CCc1n2c3ccc(C)cc3c3ccccc3c2c[n+]1C. The van der Waals surface area contributed by atoms with Gasteiger partial charge in [-0.25, -0.2) is 4.57 Å². The van der Waals surface area contributed by atoms with Crippen LogP contribution in [-0.2, 0) is 13.5 Å². The number of fused-ring (bicyclic) bond motifs is 6. The third-order valence-electron chi connectivity index (χ3n) is 4.42. The number of aromatic nitrogens is 2. The molecule has 21 heavy (non-hydrogen) atoms. The summed E-state index contributed by atoms with van der Waals surface area (Å²) in [7, 11) is 2.14. The molecule has 0 spiro atoms. The molecule has 0 bridgehead atoms. The minimum Gasteiger partial charge on any atom is -0.236 e. The van der Waals surface area contributed by atoms with Crippen molar-refractivity contribution in [1.82, 2.24) is 4.40 Å². The number of rotatable bonds is 1. The van der Waals surface area contributed by atoms with Gasteiger partial charge >= 0.3 is 0 Å².